The third-order valence-electron chi connectivity index (χ3n) is 2.97. The second-order valence-electron chi connectivity index (χ2n) is 4.85. The van der Waals surface area contributed by atoms with Crippen molar-refractivity contribution in [2.45, 2.75) is 13.8 Å². The first-order chi connectivity index (χ1) is 11.1. The Labute approximate surface area is 141 Å². The van der Waals surface area contributed by atoms with Gasteiger partial charge in [0.15, 0.2) is 16.6 Å². The van der Waals surface area contributed by atoms with Gasteiger partial charge in [-0.05, 0) is 62.0 Å². The van der Waals surface area contributed by atoms with Crippen molar-refractivity contribution in [3.8, 4) is 11.5 Å². The highest BCUT2D eigenvalue weighted by Gasteiger charge is 2.02. The number of nitrogens with zero attached hydrogens (tertiary/aromatic N) is 1. The van der Waals surface area contributed by atoms with Gasteiger partial charge in [-0.2, -0.15) is 5.10 Å². The summed E-state index contributed by atoms with van der Waals surface area (Å²) in [5.74, 6) is 0.533. The highest BCUT2D eigenvalue weighted by Crippen LogP contribution is 2.26. The molecule has 0 atom stereocenters. The molecule has 5 nitrogen and oxygen atoms in total. The van der Waals surface area contributed by atoms with E-state index in [2.05, 4.69) is 15.8 Å². The second kappa shape index (κ2) is 8.14. The van der Waals surface area contributed by atoms with E-state index in [1.807, 2.05) is 38.1 Å². The molecule has 0 unspecified atom stereocenters. The first-order valence-corrected chi connectivity index (χ1v) is 7.62. The number of ether oxygens (including phenoxy) is 1. The minimum atomic E-state index is 0.105. The Kier molecular flexibility index (Phi) is 5.94. The minimum absolute atomic E-state index is 0.105. The van der Waals surface area contributed by atoms with Crippen molar-refractivity contribution in [1.29, 1.82) is 0 Å². The molecule has 3 N–H and O–H groups in total. The lowest BCUT2D eigenvalue weighted by atomic mass is 10.2. The van der Waals surface area contributed by atoms with Crippen LogP contribution < -0.4 is 15.5 Å². The van der Waals surface area contributed by atoms with E-state index in [4.69, 9.17) is 17.0 Å². The predicted octanol–water partition coefficient (Wildman–Crippen LogP) is 3.42. The molecule has 2 aromatic rings. The Hall–Kier alpha value is -2.60. The van der Waals surface area contributed by atoms with E-state index < -0.39 is 0 Å². The van der Waals surface area contributed by atoms with Gasteiger partial charge in [0.25, 0.3) is 0 Å². The number of thiocarbonyl (C=S) groups is 1. The third-order valence-corrected chi connectivity index (χ3v) is 3.17. The van der Waals surface area contributed by atoms with E-state index in [0.29, 0.717) is 17.5 Å². The molecule has 6 heteroatoms. The summed E-state index contributed by atoms with van der Waals surface area (Å²) in [5, 5.41) is 17.2. The fourth-order valence-corrected chi connectivity index (χ4v) is 2.01. The van der Waals surface area contributed by atoms with Crippen LogP contribution in [0.1, 0.15) is 18.1 Å². The molecule has 0 aliphatic carbocycles. The summed E-state index contributed by atoms with van der Waals surface area (Å²) in [4.78, 5) is 0. The van der Waals surface area contributed by atoms with Gasteiger partial charge in [-0.25, -0.2) is 0 Å². The number of anilines is 1. The van der Waals surface area contributed by atoms with Crippen molar-refractivity contribution >= 4 is 29.2 Å². The standard InChI is InChI=1S/C17H19N3O2S/c1-3-22-16-10-13(6-9-15(16)21)11-18-20-17(23)19-14-7-4-12(2)5-8-14/h4-11,21H,3H2,1-2H3,(H2,19,20,23)/b18-11-. The van der Waals surface area contributed by atoms with Crippen LogP contribution in [0, 0.1) is 6.92 Å². The van der Waals surface area contributed by atoms with Gasteiger partial charge in [-0.3, -0.25) is 5.43 Å². The molecular weight excluding hydrogens is 310 g/mol. The molecule has 23 heavy (non-hydrogen) atoms. The van der Waals surface area contributed by atoms with Gasteiger partial charge < -0.3 is 15.2 Å². The molecule has 0 amide bonds. The molecule has 0 radical (unpaired) electrons. The van der Waals surface area contributed by atoms with Crippen LogP contribution in [0.25, 0.3) is 0 Å². The van der Waals surface area contributed by atoms with Gasteiger partial charge in [0.2, 0.25) is 0 Å². The van der Waals surface area contributed by atoms with Crippen molar-refractivity contribution < 1.29 is 9.84 Å². The molecule has 0 fully saturated rings. The number of hydrogen-bond acceptors (Lipinski definition) is 4. The van der Waals surface area contributed by atoms with Crippen molar-refractivity contribution in [2.75, 3.05) is 11.9 Å². The number of phenolic OH excluding ortho intramolecular Hbond substituents is 1. The van der Waals surface area contributed by atoms with E-state index in [9.17, 15) is 5.11 Å². The van der Waals surface area contributed by atoms with Gasteiger partial charge >= 0.3 is 0 Å². The fraction of sp³-hybridized carbons (Fsp3) is 0.176. The smallest absolute Gasteiger partial charge is 0.191 e. The monoisotopic (exact) mass is 329 g/mol. The van der Waals surface area contributed by atoms with Crippen LogP contribution in [0.5, 0.6) is 11.5 Å². The maximum Gasteiger partial charge on any atom is 0.191 e. The summed E-state index contributed by atoms with van der Waals surface area (Å²) in [7, 11) is 0. The molecule has 0 saturated heterocycles. The summed E-state index contributed by atoms with van der Waals surface area (Å²) in [6.45, 7) is 4.37. The zero-order chi connectivity index (χ0) is 16.7. The second-order valence-corrected chi connectivity index (χ2v) is 5.26. The van der Waals surface area contributed by atoms with Crippen LogP contribution in [0.4, 0.5) is 5.69 Å². The van der Waals surface area contributed by atoms with E-state index in [1.54, 1.807) is 24.4 Å². The Morgan fingerprint density at radius 3 is 2.70 bits per heavy atom. The molecule has 0 heterocycles. The Balaban J connectivity index is 1.91. The van der Waals surface area contributed by atoms with Crippen molar-refractivity contribution in [1.82, 2.24) is 5.43 Å². The third kappa shape index (κ3) is 5.27. The summed E-state index contributed by atoms with van der Waals surface area (Å²) in [5.41, 5.74) is 5.62. The Bertz CT molecular complexity index is 699. The Morgan fingerprint density at radius 1 is 1.26 bits per heavy atom. The number of nitrogens with one attached hydrogen (secondary N) is 2. The SMILES string of the molecule is CCOc1cc(/C=N\NC(=S)Nc2ccc(C)cc2)ccc1O. The molecule has 0 saturated carbocycles. The van der Waals surface area contributed by atoms with E-state index in [0.717, 1.165) is 11.3 Å². The zero-order valence-electron chi connectivity index (χ0n) is 13.0. The van der Waals surface area contributed by atoms with Crippen molar-refractivity contribution in [2.24, 2.45) is 5.10 Å². The fourth-order valence-electron chi connectivity index (χ4n) is 1.84. The number of aryl methyl sites for hydroxylation is 1. The molecular formula is C17H19N3O2S. The zero-order valence-corrected chi connectivity index (χ0v) is 13.9. The highest BCUT2D eigenvalue weighted by atomic mass is 32.1. The van der Waals surface area contributed by atoms with E-state index in [-0.39, 0.29) is 5.75 Å². The van der Waals surface area contributed by atoms with Crippen LogP contribution in [0.15, 0.2) is 47.6 Å². The maximum atomic E-state index is 9.65. The lowest BCUT2D eigenvalue weighted by molar-refractivity contribution is 0.318. The van der Waals surface area contributed by atoms with Gasteiger partial charge in [-0.15, -0.1) is 0 Å². The summed E-state index contributed by atoms with van der Waals surface area (Å²) in [6, 6.07) is 12.9. The number of hydrazone groups is 1. The summed E-state index contributed by atoms with van der Waals surface area (Å²) >= 11 is 5.17. The normalized spacial score (nSPS) is 10.5. The van der Waals surface area contributed by atoms with Crippen LogP contribution in [0.2, 0.25) is 0 Å². The average Bonchev–Trinajstić information content (AvgIpc) is 2.53. The first-order valence-electron chi connectivity index (χ1n) is 7.21. The largest absolute Gasteiger partial charge is 0.504 e. The highest BCUT2D eigenvalue weighted by molar-refractivity contribution is 7.80. The lowest BCUT2D eigenvalue weighted by Crippen LogP contribution is -2.23. The molecule has 0 aromatic heterocycles. The summed E-state index contributed by atoms with van der Waals surface area (Å²) in [6.07, 6.45) is 1.60. The molecule has 120 valence electrons. The van der Waals surface area contributed by atoms with Gasteiger partial charge in [0.1, 0.15) is 0 Å². The minimum Gasteiger partial charge on any atom is -0.504 e. The van der Waals surface area contributed by atoms with Crippen LogP contribution in [-0.2, 0) is 0 Å². The molecule has 0 aliphatic rings. The van der Waals surface area contributed by atoms with E-state index in [1.165, 1.54) is 5.56 Å². The average molecular weight is 329 g/mol. The van der Waals surface area contributed by atoms with Crippen molar-refractivity contribution in [3.63, 3.8) is 0 Å². The number of aromatic hydroxyl groups is 1. The number of hydrogen-bond donors (Lipinski definition) is 3. The predicted molar refractivity (Wildman–Crippen MR) is 97.4 cm³/mol. The number of phenols is 1. The maximum absolute atomic E-state index is 9.65. The quantitative estimate of drug-likeness (QED) is 0.446. The van der Waals surface area contributed by atoms with Gasteiger partial charge in [-0.1, -0.05) is 17.7 Å². The van der Waals surface area contributed by atoms with Gasteiger partial charge in [0.05, 0.1) is 12.8 Å². The van der Waals surface area contributed by atoms with Crippen molar-refractivity contribution in [3.05, 3.63) is 53.6 Å². The van der Waals surface area contributed by atoms with Gasteiger partial charge in [0, 0.05) is 5.69 Å². The number of rotatable bonds is 5. The van der Waals surface area contributed by atoms with Crippen LogP contribution in [0.3, 0.4) is 0 Å². The van der Waals surface area contributed by atoms with Crippen LogP contribution in [-0.4, -0.2) is 23.0 Å². The number of benzene rings is 2. The van der Waals surface area contributed by atoms with E-state index >= 15 is 0 Å². The van der Waals surface area contributed by atoms with Crippen LogP contribution >= 0.6 is 12.2 Å². The lowest BCUT2D eigenvalue weighted by Gasteiger charge is -2.07. The Morgan fingerprint density at radius 2 is 2.00 bits per heavy atom. The molecule has 0 aliphatic heterocycles. The molecule has 2 rings (SSSR count). The molecule has 2 aromatic carbocycles. The first kappa shape index (κ1) is 16.8. The topological polar surface area (TPSA) is 65.9 Å². The summed E-state index contributed by atoms with van der Waals surface area (Å²) < 4.78 is 5.32. The molecule has 0 bridgehead atoms. The molecule has 0 spiro atoms.